The summed E-state index contributed by atoms with van der Waals surface area (Å²) in [4.78, 5) is 13.4. The van der Waals surface area contributed by atoms with E-state index in [1.165, 1.54) is 4.31 Å². The first-order valence-electron chi connectivity index (χ1n) is 6.80. The standard InChI is InChI=1S/C13H18N4O3S/c1-9-2-3-12(11(14)6-9)21(19,20)16-4-5-17-10(8-16)7-15-13(17)18/h2-3,6,10H,4-5,7-8,14H2,1H3,(H,15,18). The summed E-state index contributed by atoms with van der Waals surface area (Å²) < 4.78 is 26.8. The lowest BCUT2D eigenvalue weighted by Crippen LogP contribution is -2.53. The molecule has 3 rings (SSSR count). The number of carbonyl (C=O) groups is 1. The van der Waals surface area contributed by atoms with Gasteiger partial charge in [-0.15, -0.1) is 0 Å². The Balaban J connectivity index is 1.87. The number of carbonyl (C=O) groups excluding carboxylic acids is 1. The van der Waals surface area contributed by atoms with Crippen molar-refractivity contribution in [3.63, 3.8) is 0 Å². The molecule has 114 valence electrons. The van der Waals surface area contributed by atoms with E-state index in [4.69, 9.17) is 5.73 Å². The predicted octanol–water partition coefficient (Wildman–Crippen LogP) is -0.0247. The Hall–Kier alpha value is -1.80. The fourth-order valence-electron chi connectivity index (χ4n) is 2.84. The van der Waals surface area contributed by atoms with E-state index in [2.05, 4.69) is 5.32 Å². The zero-order valence-electron chi connectivity index (χ0n) is 11.7. The largest absolute Gasteiger partial charge is 0.398 e. The lowest BCUT2D eigenvalue weighted by atomic mass is 10.2. The molecule has 0 spiro atoms. The number of aryl methyl sites for hydroxylation is 1. The van der Waals surface area contributed by atoms with Crippen LogP contribution in [0.4, 0.5) is 10.5 Å². The highest BCUT2D eigenvalue weighted by atomic mass is 32.2. The molecule has 2 heterocycles. The maximum atomic E-state index is 12.7. The number of hydrogen-bond acceptors (Lipinski definition) is 4. The summed E-state index contributed by atoms with van der Waals surface area (Å²) in [7, 11) is -3.62. The van der Waals surface area contributed by atoms with Crippen molar-refractivity contribution in [1.29, 1.82) is 0 Å². The average molecular weight is 310 g/mol. The maximum Gasteiger partial charge on any atom is 0.317 e. The van der Waals surface area contributed by atoms with Gasteiger partial charge >= 0.3 is 6.03 Å². The zero-order chi connectivity index (χ0) is 15.2. The SMILES string of the molecule is Cc1ccc(S(=O)(=O)N2CCN3C(=O)NCC3C2)c(N)c1. The molecule has 0 radical (unpaired) electrons. The van der Waals surface area contributed by atoms with Crippen molar-refractivity contribution in [3.8, 4) is 0 Å². The Bertz CT molecular complexity index is 689. The van der Waals surface area contributed by atoms with Gasteiger partial charge in [0.05, 0.1) is 11.7 Å². The fraction of sp³-hybridized carbons (Fsp3) is 0.462. The minimum absolute atomic E-state index is 0.104. The first-order valence-corrected chi connectivity index (χ1v) is 8.24. The molecular weight excluding hydrogens is 292 g/mol. The number of nitrogens with zero attached hydrogens (tertiary/aromatic N) is 2. The molecule has 2 aliphatic rings. The number of piperazine rings is 1. The summed E-state index contributed by atoms with van der Waals surface area (Å²) in [6, 6.07) is 4.72. The molecule has 1 aromatic carbocycles. The van der Waals surface area contributed by atoms with Crippen molar-refractivity contribution in [3.05, 3.63) is 23.8 Å². The number of urea groups is 1. The second kappa shape index (κ2) is 4.88. The summed E-state index contributed by atoms with van der Waals surface area (Å²) in [5.74, 6) is 0. The summed E-state index contributed by atoms with van der Waals surface area (Å²) in [6.45, 7) is 3.34. The van der Waals surface area contributed by atoms with E-state index in [1.807, 2.05) is 6.92 Å². The van der Waals surface area contributed by atoms with Crippen molar-refractivity contribution in [2.75, 3.05) is 31.9 Å². The number of hydrogen-bond donors (Lipinski definition) is 2. The summed E-state index contributed by atoms with van der Waals surface area (Å²) in [5.41, 5.74) is 7.04. The molecule has 2 aliphatic heterocycles. The van der Waals surface area contributed by atoms with Gasteiger partial charge in [0.25, 0.3) is 0 Å². The normalized spacial score (nSPS) is 23.0. The van der Waals surface area contributed by atoms with Gasteiger partial charge in [-0.05, 0) is 24.6 Å². The number of anilines is 1. The third kappa shape index (κ3) is 2.34. The molecule has 2 saturated heterocycles. The van der Waals surface area contributed by atoms with Crippen molar-refractivity contribution < 1.29 is 13.2 Å². The van der Waals surface area contributed by atoms with Crippen molar-refractivity contribution >= 4 is 21.7 Å². The van der Waals surface area contributed by atoms with Crippen LogP contribution in [0.1, 0.15) is 5.56 Å². The van der Waals surface area contributed by atoms with Gasteiger partial charge in [-0.1, -0.05) is 6.07 Å². The van der Waals surface area contributed by atoms with Gasteiger partial charge in [-0.25, -0.2) is 13.2 Å². The van der Waals surface area contributed by atoms with Crippen LogP contribution in [0, 0.1) is 6.92 Å². The summed E-state index contributed by atoms with van der Waals surface area (Å²) in [5, 5.41) is 2.73. The minimum atomic E-state index is -3.62. The third-order valence-electron chi connectivity index (χ3n) is 3.98. The van der Waals surface area contributed by atoms with Crippen LogP contribution < -0.4 is 11.1 Å². The molecule has 1 unspecified atom stereocenters. The number of rotatable bonds is 2. The Kier molecular flexibility index (Phi) is 3.29. The van der Waals surface area contributed by atoms with E-state index in [1.54, 1.807) is 23.1 Å². The van der Waals surface area contributed by atoms with E-state index in [0.717, 1.165) is 5.56 Å². The van der Waals surface area contributed by atoms with Gasteiger partial charge in [0.1, 0.15) is 4.90 Å². The van der Waals surface area contributed by atoms with Crippen LogP contribution in [0.15, 0.2) is 23.1 Å². The van der Waals surface area contributed by atoms with Crippen molar-refractivity contribution in [2.24, 2.45) is 0 Å². The number of amides is 2. The highest BCUT2D eigenvalue weighted by Gasteiger charge is 2.40. The lowest BCUT2D eigenvalue weighted by molar-refractivity contribution is 0.164. The molecule has 8 heteroatoms. The Morgan fingerprint density at radius 3 is 2.81 bits per heavy atom. The van der Waals surface area contributed by atoms with Gasteiger partial charge < -0.3 is 16.0 Å². The monoisotopic (exact) mass is 310 g/mol. The number of benzene rings is 1. The van der Waals surface area contributed by atoms with Crippen LogP contribution in [0.5, 0.6) is 0 Å². The van der Waals surface area contributed by atoms with E-state index in [-0.39, 0.29) is 22.7 Å². The number of sulfonamides is 1. The fourth-order valence-corrected chi connectivity index (χ4v) is 4.40. The third-order valence-corrected chi connectivity index (χ3v) is 5.92. The van der Waals surface area contributed by atoms with Crippen LogP contribution >= 0.6 is 0 Å². The molecule has 7 nitrogen and oxygen atoms in total. The number of nitrogen functional groups attached to an aromatic ring is 1. The van der Waals surface area contributed by atoms with Crippen molar-refractivity contribution in [2.45, 2.75) is 17.9 Å². The predicted molar refractivity (Wildman–Crippen MR) is 78.2 cm³/mol. The Morgan fingerprint density at radius 2 is 2.10 bits per heavy atom. The lowest BCUT2D eigenvalue weighted by Gasteiger charge is -2.35. The first kappa shape index (κ1) is 14.2. The molecule has 2 amide bonds. The van der Waals surface area contributed by atoms with Crippen molar-refractivity contribution in [1.82, 2.24) is 14.5 Å². The Morgan fingerprint density at radius 1 is 1.33 bits per heavy atom. The van der Waals surface area contributed by atoms with Crippen LogP contribution in [-0.2, 0) is 10.0 Å². The van der Waals surface area contributed by atoms with Gasteiger partial charge in [0.15, 0.2) is 0 Å². The number of fused-ring (bicyclic) bond motifs is 1. The summed E-state index contributed by atoms with van der Waals surface area (Å²) >= 11 is 0. The molecule has 21 heavy (non-hydrogen) atoms. The van der Waals surface area contributed by atoms with Crippen LogP contribution in [0.25, 0.3) is 0 Å². The molecule has 0 bridgehead atoms. The molecule has 0 saturated carbocycles. The quantitative estimate of drug-likeness (QED) is 0.750. The van der Waals surface area contributed by atoms with Crippen LogP contribution in [0.3, 0.4) is 0 Å². The van der Waals surface area contributed by atoms with E-state index in [9.17, 15) is 13.2 Å². The van der Waals surface area contributed by atoms with Crippen LogP contribution in [-0.4, -0.2) is 55.9 Å². The molecule has 0 aliphatic carbocycles. The van der Waals surface area contributed by atoms with Gasteiger partial charge in [0, 0.05) is 26.2 Å². The smallest absolute Gasteiger partial charge is 0.317 e. The molecule has 1 aromatic rings. The van der Waals surface area contributed by atoms with E-state index >= 15 is 0 Å². The average Bonchev–Trinajstić information content (AvgIpc) is 2.79. The Labute approximate surface area is 123 Å². The maximum absolute atomic E-state index is 12.7. The molecule has 1 atom stereocenters. The highest BCUT2D eigenvalue weighted by molar-refractivity contribution is 7.89. The molecule has 0 aromatic heterocycles. The first-order chi connectivity index (χ1) is 9.89. The number of nitrogens with two attached hydrogens (primary N) is 1. The second-order valence-electron chi connectivity index (χ2n) is 5.44. The van der Waals surface area contributed by atoms with Gasteiger partial charge in [0.2, 0.25) is 10.0 Å². The molecular formula is C13H18N4O3S. The highest BCUT2D eigenvalue weighted by Crippen LogP contribution is 2.26. The topological polar surface area (TPSA) is 95.7 Å². The van der Waals surface area contributed by atoms with E-state index in [0.29, 0.717) is 26.2 Å². The molecule has 3 N–H and O–H groups in total. The van der Waals surface area contributed by atoms with E-state index < -0.39 is 10.0 Å². The number of nitrogens with one attached hydrogen (secondary N) is 1. The minimum Gasteiger partial charge on any atom is -0.398 e. The zero-order valence-corrected chi connectivity index (χ0v) is 12.6. The second-order valence-corrected chi connectivity index (χ2v) is 7.34. The van der Waals surface area contributed by atoms with Gasteiger partial charge in [-0.2, -0.15) is 4.31 Å². The van der Waals surface area contributed by atoms with Crippen LogP contribution in [0.2, 0.25) is 0 Å². The van der Waals surface area contributed by atoms with Gasteiger partial charge in [-0.3, -0.25) is 0 Å². The summed E-state index contributed by atoms with van der Waals surface area (Å²) in [6.07, 6.45) is 0. The molecule has 2 fully saturated rings.